The van der Waals surface area contributed by atoms with Crippen LogP contribution in [0.4, 0.5) is 0 Å². The van der Waals surface area contributed by atoms with E-state index in [2.05, 4.69) is 19.2 Å². The van der Waals surface area contributed by atoms with Gasteiger partial charge in [-0.05, 0) is 48.2 Å². The molecule has 1 amide bonds. The molecule has 5 nitrogen and oxygen atoms in total. The molecule has 1 atom stereocenters. The Kier molecular flexibility index (Phi) is 6.42. The lowest BCUT2D eigenvalue weighted by molar-refractivity contribution is -0.123. The Morgan fingerprint density at radius 2 is 1.50 bits per heavy atom. The lowest BCUT2D eigenvalue weighted by atomic mass is 10.0. The van der Waals surface area contributed by atoms with E-state index in [0.29, 0.717) is 11.7 Å². The van der Waals surface area contributed by atoms with E-state index in [-0.39, 0.29) is 23.5 Å². The van der Waals surface area contributed by atoms with Gasteiger partial charge in [-0.2, -0.15) is 0 Å². The number of carbonyl (C=O) groups excluding carboxylic acids is 1. The molecule has 0 spiro atoms. The molecule has 0 saturated carbocycles. The number of sulfone groups is 1. The van der Waals surface area contributed by atoms with Crippen molar-refractivity contribution in [2.75, 3.05) is 12.9 Å². The molecule has 1 N–H and O–H groups in total. The van der Waals surface area contributed by atoms with Gasteiger partial charge in [0, 0.05) is 6.26 Å². The van der Waals surface area contributed by atoms with Gasteiger partial charge in [0.2, 0.25) is 0 Å². The molecule has 0 radical (unpaired) electrons. The van der Waals surface area contributed by atoms with Crippen LogP contribution in [0.3, 0.4) is 0 Å². The summed E-state index contributed by atoms with van der Waals surface area (Å²) in [6, 6.07) is 13.9. The van der Waals surface area contributed by atoms with Gasteiger partial charge in [-0.15, -0.1) is 0 Å². The monoisotopic (exact) mass is 375 g/mol. The Labute approximate surface area is 155 Å². The molecule has 0 heterocycles. The van der Waals surface area contributed by atoms with E-state index in [4.69, 9.17) is 4.74 Å². The quantitative estimate of drug-likeness (QED) is 0.804. The summed E-state index contributed by atoms with van der Waals surface area (Å²) in [5.41, 5.74) is 2.04. The zero-order valence-corrected chi connectivity index (χ0v) is 16.3. The van der Waals surface area contributed by atoms with Crippen molar-refractivity contribution in [3.05, 3.63) is 59.7 Å². The van der Waals surface area contributed by atoms with Gasteiger partial charge >= 0.3 is 0 Å². The standard InChI is InChI=1S/C20H25NO4S/c1-14(2)16-5-9-18(10-6-16)25-13-20(22)21-15(3)17-7-11-19(12-8-17)26(4,23)24/h5-12,14-15H,13H2,1-4H3,(H,21,22)/t15-/m0/s1. The molecule has 26 heavy (non-hydrogen) atoms. The van der Waals surface area contributed by atoms with Gasteiger partial charge in [-0.25, -0.2) is 8.42 Å². The first kappa shape index (κ1) is 20.0. The molecule has 0 saturated heterocycles. The lowest BCUT2D eigenvalue weighted by Crippen LogP contribution is -2.31. The average molecular weight is 375 g/mol. The van der Waals surface area contributed by atoms with Crippen molar-refractivity contribution in [3.63, 3.8) is 0 Å². The second-order valence-corrected chi connectivity index (χ2v) is 8.66. The molecule has 0 aliphatic rings. The number of ether oxygens (including phenoxy) is 1. The second kappa shape index (κ2) is 8.36. The Hall–Kier alpha value is -2.34. The molecule has 0 aliphatic heterocycles. The first-order valence-corrected chi connectivity index (χ1v) is 10.4. The van der Waals surface area contributed by atoms with Gasteiger partial charge in [0.15, 0.2) is 16.4 Å². The Balaban J connectivity index is 1.88. The summed E-state index contributed by atoms with van der Waals surface area (Å²) in [6.45, 7) is 6.00. The minimum absolute atomic E-state index is 0.0766. The van der Waals surface area contributed by atoms with E-state index in [1.807, 2.05) is 31.2 Å². The van der Waals surface area contributed by atoms with Crippen molar-refractivity contribution in [1.82, 2.24) is 5.32 Å². The maximum absolute atomic E-state index is 12.1. The molecule has 140 valence electrons. The van der Waals surface area contributed by atoms with Crippen LogP contribution in [-0.2, 0) is 14.6 Å². The maximum Gasteiger partial charge on any atom is 0.258 e. The number of hydrogen-bond donors (Lipinski definition) is 1. The van der Waals surface area contributed by atoms with Gasteiger partial charge < -0.3 is 10.1 Å². The summed E-state index contributed by atoms with van der Waals surface area (Å²) in [5, 5.41) is 2.84. The molecule has 2 rings (SSSR count). The molecule has 2 aromatic rings. The number of rotatable bonds is 7. The molecule has 0 fully saturated rings. The van der Waals surface area contributed by atoms with Crippen LogP contribution in [0.15, 0.2) is 53.4 Å². The fourth-order valence-corrected chi connectivity index (χ4v) is 3.10. The van der Waals surface area contributed by atoms with Crippen LogP contribution in [0.5, 0.6) is 5.75 Å². The van der Waals surface area contributed by atoms with Crippen molar-refractivity contribution in [2.45, 2.75) is 37.6 Å². The minimum atomic E-state index is -3.22. The topological polar surface area (TPSA) is 72.5 Å². The molecule has 0 aromatic heterocycles. The van der Waals surface area contributed by atoms with E-state index in [1.165, 1.54) is 5.56 Å². The Morgan fingerprint density at radius 3 is 2.00 bits per heavy atom. The summed E-state index contributed by atoms with van der Waals surface area (Å²) in [4.78, 5) is 12.3. The van der Waals surface area contributed by atoms with E-state index in [0.717, 1.165) is 11.8 Å². The highest BCUT2D eigenvalue weighted by atomic mass is 32.2. The minimum Gasteiger partial charge on any atom is -0.484 e. The summed E-state index contributed by atoms with van der Waals surface area (Å²) in [5.74, 6) is 0.856. The number of benzene rings is 2. The fourth-order valence-electron chi connectivity index (χ4n) is 2.47. The molecule has 0 unspecified atom stereocenters. The van der Waals surface area contributed by atoms with E-state index in [9.17, 15) is 13.2 Å². The zero-order valence-electron chi connectivity index (χ0n) is 15.5. The van der Waals surface area contributed by atoms with Gasteiger partial charge in [-0.1, -0.05) is 38.1 Å². The SMILES string of the molecule is CC(C)c1ccc(OCC(=O)N[C@@H](C)c2ccc(S(C)(=O)=O)cc2)cc1. The normalized spacial score (nSPS) is 12.7. The third kappa shape index (κ3) is 5.59. The van der Waals surface area contributed by atoms with E-state index >= 15 is 0 Å². The molecule has 0 bridgehead atoms. The van der Waals surface area contributed by atoms with Crippen LogP contribution in [-0.4, -0.2) is 27.2 Å². The van der Waals surface area contributed by atoms with Gasteiger partial charge in [0.05, 0.1) is 10.9 Å². The summed E-state index contributed by atoms with van der Waals surface area (Å²) in [7, 11) is -3.22. The van der Waals surface area contributed by atoms with Crippen LogP contribution in [0, 0.1) is 0 Å². The third-order valence-corrected chi connectivity index (χ3v) is 5.23. The zero-order chi connectivity index (χ0) is 19.3. The van der Waals surface area contributed by atoms with Crippen molar-refractivity contribution in [3.8, 4) is 5.75 Å². The molecule has 2 aromatic carbocycles. The van der Waals surface area contributed by atoms with Crippen LogP contribution in [0.25, 0.3) is 0 Å². The highest BCUT2D eigenvalue weighted by molar-refractivity contribution is 7.90. The van der Waals surface area contributed by atoms with Crippen LogP contribution >= 0.6 is 0 Å². The van der Waals surface area contributed by atoms with Crippen molar-refractivity contribution >= 4 is 15.7 Å². The van der Waals surface area contributed by atoms with Gasteiger partial charge in [0.25, 0.3) is 5.91 Å². The predicted molar refractivity (Wildman–Crippen MR) is 102 cm³/mol. The Bertz CT molecular complexity index is 840. The van der Waals surface area contributed by atoms with E-state index < -0.39 is 9.84 Å². The largest absolute Gasteiger partial charge is 0.484 e. The third-order valence-electron chi connectivity index (χ3n) is 4.10. The lowest BCUT2D eigenvalue weighted by Gasteiger charge is -2.15. The van der Waals surface area contributed by atoms with Crippen molar-refractivity contribution < 1.29 is 17.9 Å². The smallest absolute Gasteiger partial charge is 0.258 e. The number of carbonyl (C=O) groups is 1. The van der Waals surface area contributed by atoms with E-state index in [1.54, 1.807) is 24.3 Å². The number of nitrogens with one attached hydrogen (secondary N) is 1. The molecule has 0 aliphatic carbocycles. The summed E-state index contributed by atoms with van der Waals surface area (Å²) in [6.07, 6.45) is 1.16. The average Bonchev–Trinajstić information content (AvgIpc) is 2.59. The first-order chi connectivity index (χ1) is 12.2. The van der Waals surface area contributed by atoms with Crippen molar-refractivity contribution in [2.24, 2.45) is 0 Å². The van der Waals surface area contributed by atoms with Gasteiger partial charge in [-0.3, -0.25) is 4.79 Å². The number of hydrogen-bond acceptors (Lipinski definition) is 4. The molecule has 6 heteroatoms. The molecular formula is C20H25NO4S. The molecular weight excluding hydrogens is 350 g/mol. The Morgan fingerprint density at radius 1 is 0.962 bits per heavy atom. The van der Waals surface area contributed by atoms with Crippen LogP contribution in [0.1, 0.15) is 43.9 Å². The number of amides is 1. The highest BCUT2D eigenvalue weighted by Gasteiger charge is 2.12. The summed E-state index contributed by atoms with van der Waals surface area (Å²) < 4.78 is 28.5. The predicted octanol–water partition coefficient (Wildman–Crippen LogP) is 3.47. The van der Waals surface area contributed by atoms with Crippen LogP contribution < -0.4 is 10.1 Å². The van der Waals surface area contributed by atoms with Crippen molar-refractivity contribution in [1.29, 1.82) is 0 Å². The fraction of sp³-hybridized carbons (Fsp3) is 0.350. The van der Waals surface area contributed by atoms with Crippen LogP contribution in [0.2, 0.25) is 0 Å². The maximum atomic E-state index is 12.1. The summed E-state index contributed by atoms with van der Waals surface area (Å²) >= 11 is 0. The second-order valence-electron chi connectivity index (χ2n) is 6.64. The first-order valence-electron chi connectivity index (χ1n) is 8.49. The highest BCUT2D eigenvalue weighted by Crippen LogP contribution is 2.19. The van der Waals surface area contributed by atoms with Gasteiger partial charge in [0.1, 0.15) is 5.75 Å².